The molecule has 0 aliphatic rings. The van der Waals surface area contributed by atoms with Crippen LogP contribution in [0.5, 0.6) is 0 Å². The molecule has 2 heteroatoms. The Morgan fingerprint density at radius 3 is 1.88 bits per heavy atom. The zero-order valence-electron chi connectivity index (χ0n) is 10.3. The maximum Gasteiger partial charge on any atom is 0.0294 e. The molecule has 0 saturated carbocycles. The lowest BCUT2D eigenvalue weighted by atomic mass is 9.82. The van der Waals surface area contributed by atoms with Crippen LogP contribution >= 0.6 is 23.2 Å². The van der Waals surface area contributed by atoms with E-state index in [1.54, 1.807) is 0 Å². The fourth-order valence-corrected chi connectivity index (χ4v) is 2.90. The van der Waals surface area contributed by atoms with Crippen molar-refractivity contribution < 1.29 is 0 Å². The summed E-state index contributed by atoms with van der Waals surface area (Å²) in [6.07, 6.45) is 1.99. The van der Waals surface area contributed by atoms with E-state index in [0.29, 0.717) is 11.8 Å². The second-order valence-corrected chi connectivity index (χ2v) is 5.33. The highest BCUT2D eigenvalue weighted by atomic mass is 35.5. The van der Waals surface area contributed by atoms with Gasteiger partial charge < -0.3 is 0 Å². The molecular formula is C14H20Cl2. The van der Waals surface area contributed by atoms with Crippen molar-refractivity contribution in [2.24, 2.45) is 5.41 Å². The van der Waals surface area contributed by atoms with Gasteiger partial charge in [-0.15, -0.1) is 23.2 Å². The molecule has 0 aliphatic carbocycles. The minimum Gasteiger partial charge on any atom is -0.126 e. The summed E-state index contributed by atoms with van der Waals surface area (Å²) in [5.41, 5.74) is 4.01. The predicted octanol–water partition coefficient (Wildman–Crippen LogP) is 4.72. The van der Waals surface area contributed by atoms with Crippen LogP contribution in [0.15, 0.2) is 18.2 Å². The maximum atomic E-state index is 6.07. The van der Waals surface area contributed by atoms with Crippen molar-refractivity contribution in [3.05, 3.63) is 34.9 Å². The lowest BCUT2D eigenvalue weighted by Gasteiger charge is -2.28. The molecule has 90 valence electrons. The molecule has 0 aliphatic heterocycles. The van der Waals surface area contributed by atoms with Crippen LogP contribution < -0.4 is 0 Å². The molecule has 1 rings (SSSR count). The Bertz CT molecular complexity index is 312. The van der Waals surface area contributed by atoms with Gasteiger partial charge in [0.2, 0.25) is 0 Å². The van der Waals surface area contributed by atoms with E-state index in [1.165, 1.54) is 16.7 Å². The predicted molar refractivity (Wildman–Crippen MR) is 73.8 cm³/mol. The number of aryl methyl sites for hydroxylation is 2. The van der Waals surface area contributed by atoms with E-state index in [2.05, 4.69) is 39.0 Å². The summed E-state index contributed by atoms with van der Waals surface area (Å²) in [4.78, 5) is 0. The number of benzene rings is 1. The van der Waals surface area contributed by atoms with Gasteiger partial charge in [0.1, 0.15) is 0 Å². The zero-order chi connectivity index (χ0) is 12.2. The molecule has 0 amide bonds. The zero-order valence-corrected chi connectivity index (χ0v) is 11.8. The Kier molecular flexibility index (Phi) is 5.14. The van der Waals surface area contributed by atoms with Gasteiger partial charge in [-0.2, -0.15) is 0 Å². The average molecular weight is 259 g/mol. The van der Waals surface area contributed by atoms with Gasteiger partial charge in [-0.3, -0.25) is 0 Å². The third-order valence-electron chi connectivity index (χ3n) is 3.18. The molecule has 0 bridgehead atoms. The number of alkyl halides is 2. The number of halogens is 2. The summed E-state index contributed by atoms with van der Waals surface area (Å²) < 4.78 is 0. The summed E-state index contributed by atoms with van der Waals surface area (Å²) in [6, 6.07) is 6.66. The molecule has 0 aromatic heterocycles. The fraction of sp³-hybridized carbons (Fsp3) is 0.571. The molecule has 0 saturated heterocycles. The van der Waals surface area contributed by atoms with Crippen LogP contribution in [-0.4, -0.2) is 11.8 Å². The average Bonchev–Trinajstić information content (AvgIpc) is 2.25. The number of hydrogen-bond acceptors (Lipinski definition) is 0. The molecule has 1 aromatic carbocycles. The van der Waals surface area contributed by atoms with Crippen LogP contribution in [0.2, 0.25) is 0 Å². The van der Waals surface area contributed by atoms with Crippen molar-refractivity contribution >= 4 is 23.2 Å². The largest absolute Gasteiger partial charge is 0.126 e. The minimum absolute atomic E-state index is 0.0450. The van der Waals surface area contributed by atoms with Crippen molar-refractivity contribution in [2.75, 3.05) is 11.8 Å². The molecule has 0 heterocycles. The van der Waals surface area contributed by atoms with E-state index in [-0.39, 0.29) is 5.41 Å². The van der Waals surface area contributed by atoms with Gasteiger partial charge in [0.25, 0.3) is 0 Å². The van der Waals surface area contributed by atoms with Crippen LogP contribution in [0.4, 0.5) is 0 Å². The van der Waals surface area contributed by atoms with Gasteiger partial charge in [-0.1, -0.05) is 36.2 Å². The smallest absolute Gasteiger partial charge is 0.0294 e. The Balaban J connectivity index is 2.93. The highest BCUT2D eigenvalue weighted by Gasteiger charge is 2.26. The van der Waals surface area contributed by atoms with E-state index in [9.17, 15) is 0 Å². The molecule has 0 atom stereocenters. The molecule has 0 nitrogen and oxygen atoms in total. The molecule has 16 heavy (non-hydrogen) atoms. The third-order valence-corrected chi connectivity index (χ3v) is 4.31. The monoisotopic (exact) mass is 258 g/mol. The van der Waals surface area contributed by atoms with Crippen LogP contribution in [0, 0.1) is 19.3 Å². The molecular weight excluding hydrogens is 239 g/mol. The highest BCUT2D eigenvalue weighted by molar-refractivity contribution is 6.21. The Morgan fingerprint density at radius 1 is 1.00 bits per heavy atom. The van der Waals surface area contributed by atoms with Crippen LogP contribution in [0.25, 0.3) is 0 Å². The van der Waals surface area contributed by atoms with E-state index >= 15 is 0 Å². The highest BCUT2D eigenvalue weighted by Crippen LogP contribution is 2.30. The Morgan fingerprint density at radius 2 is 1.50 bits per heavy atom. The van der Waals surface area contributed by atoms with E-state index in [1.807, 2.05) is 0 Å². The standard InChI is InChI=1S/C14H20Cl2/c1-4-14(9-15,10-16)8-13-6-11(2)5-12(3)7-13/h5-7H,4,8-10H2,1-3H3. The first kappa shape index (κ1) is 13.9. The van der Waals surface area contributed by atoms with Crippen molar-refractivity contribution in [2.45, 2.75) is 33.6 Å². The lowest BCUT2D eigenvalue weighted by Crippen LogP contribution is -2.27. The third kappa shape index (κ3) is 3.40. The van der Waals surface area contributed by atoms with Gasteiger partial charge >= 0.3 is 0 Å². The summed E-state index contributed by atoms with van der Waals surface area (Å²) in [5, 5.41) is 0. The van der Waals surface area contributed by atoms with Gasteiger partial charge in [0, 0.05) is 17.2 Å². The van der Waals surface area contributed by atoms with Crippen LogP contribution in [0.1, 0.15) is 30.0 Å². The second kappa shape index (κ2) is 5.93. The summed E-state index contributed by atoms with van der Waals surface area (Å²) in [6.45, 7) is 6.42. The molecule has 0 unspecified atom stereocenters. The quantitative estimate of drug-likeness (QED) is 0.671. The Hall–Kier alpha value is -0.200. The molecule has 1 aromatic rings. The topological polar surface area (TPSA) is 0 Å². The summed E-state index contributed by atoms with van der Waals surface area (Å²) in [7, 11) is 0. The first-order valence-corrected chi connectivity index (χ1v) is 6.81. The normalized spacial score (nSPS) is 11.8. The van der Waals surface area contributed by atoms with Crippen LogP contribution in [-0.2, 0) is 6.42 Å². The SMILES string of the molecule is CCC(CCl)(CCl)Cc1cc(C)cc(C)c1. The first-order chi connectivity index (χ1) is 7.55. The van der Waals surface area contributed by atoms with Gasteiger partial charge in [0.05, 0.1) is 0 Å². The Labute approximate surface area is 109 Å². The number of hydrogen-bond donors (Lipinski definition) is 0. The van der Waals surface area contributed by atoms with E-state index < -0.39 is 0 Å². The molecule has 0 N–H and O–H groups in total. The van der Waals surface area contributed by atoms with Gasteiger partial charge in [0.15, 0.2) is 0 Å². The van der Waals surface area contributed by atoms with Gasteiger partial charge in [-0.25, -0.2) is 0 Å². The molecule has 0 fully saturated rings. The van der Waals surface area contributed by atoms with E-state index in [4.69, 9.17) is 23.2 Å². The van der Waals surface area contributed by atoms with Crippen molar-refractivity contribution in [1.82, 2.24) is 0 Å². The fourth-order valence-electron chi connectivity index (χ4n) is 2.05. The first-order valence-electron chi connectivity index (χ1n) is 5.74. The van der Waals surface area contributed by atoms with Crippen molar-refractivity contribution in [1.29, 1.82) is 0 Å². The summed E-state index contributed by atoms with van der Waals surface area (Å²) in [5.74, 6) is 1.25. The van der Waals surface area contributed by atoms with Crippen molar-refractivity contribution in [3.63, 3.8) is 0 Å². The minimum atomic E-state index is 0.0450. The second-order valence-electron chi connectivity index (χ2n) is 4.79. The maximum absolute atomic E-state index is 6.07. The summed E-state index contributed by atoms with van der Waals surface area (Å²) >= 11 is 12.1. The number of rotatable bonds is 5. The van der Waals surface area contributed by atoms with Crippen molar-refractivity contribution in [3.8, 4) is 0 Å². The molecule has 0 spiro atoms. The van der Waals surface area contributed by atoms with Gasteiger partial charge in [-0.05, 0) is 32.3 Å². The van der Waals surface area contributed by atoms with E-state index in [0.717, 1.165) is 12.8 Å². The molecule has 0 radical (unpaired) electrons. The van der Waals surface area contributed by atoms with Crippen LogP contribution in [0.3, 0.4) is 0 Å². The lowest BCUT2D eigenvalue weighted by molar-refractivity contribution is 0.362.